The largest absolute Gasteiger partial charge is 0.388 e. The minimum Gasteiger partial charge on any atom is -0.388 e. The molecule has 166 valence electrons. The summed E-state index contributed by atoms with van der Waals surface area (Å²) in [6.07, 6.45) is 2.19. The average molecular weight is 442 g/mol. The van der Waals surface area contributed by atoms with Crippen LogP contribution in [0.2, 0.25) is 0 Å². The van der Waals surface area contributed by atoms with Gasteiger partial charge in [0, 0.05) is 23.2 Å². The number of hydrogen-bond acceptors (Lipinski definition) is 7. The Labute approximate surface area is 188 Å². The Balaban J connectivity index is 1.52. The Kier molecular flexibility index (Phi) is 5.49. The highest BCUT2D eigenvalue weighted by Gasteiger charge is 2.17. The van der Waals surface area contributed by atoms with Gasteiger partial charge in [0.05, 0.1) is 0 Å². The van der Waals surface area contributed by atoms with Gasteiger partial charge < -0.3 is 5.11 Å². The molecule has 0 aliphatic heterocycles. The number of nitrogens with zero attached hydrogens (tertiary/aromatic N) is 6. The number of tetrazole rings is 1. The van der Waals surface area contributed by atoms with Crippen LogP contribution >= 0.6 is 0 Å². The van der Waals surface area contributed by atoms with Gasteiger partial charge >= 0.3 is 5.69 Å². The molecular weight excluding hydrogens is 420 g/mol. The van der Waals surface area contributed by atoms with Crippen molar-refractivity contribution in [3.8, 4) is 22.5 Å². The molecule has 5 aromatic rings. The van der Waals surface area contributed by atoms with E-state index in [4.69, 9.17) is 0 Å². The molecule has 0 saturated heterocycles. The SMILES string of the molecule is CCCc1nc(CO)n2[nH]c(=O)nc2c1Cc1ccc(-c2ccccc2-c2nnn[nH]2)cc1. The van der Waals surface area contributed by atoms with Gasteiger partial charge in [0.2, 0.25) is 0 Å². The Bertz CT molecular complexity index is 1450. The van der Waals surface area contributed by atoms with Crippen molar-refractivity contribution in [1.82, 2.24) is 40.2 Å². The van der Waals surface area contributed by atoms with Crippen LogP contribution in [0.15, 0.2) is 53.3 Å². The van der Waals surface area contributed by atoms with E-state index in [2.05, 4.69) is 66.9 Å². The highest BCUT2D eigenvalue weighted by molar-refractivity contribution is 5.80. The van der Waals surface area contributed by atoms with Crippen LogP contribution in [0.3, 0.4) is 0 Å². The molecule has 0 atom stereocenters. The van der Waals surface area contributed by atoms with Crippen molar-refractivity contribution >= 4 is 5.65 Å². The summed E-state index contributed by atoms with van der Waals surface area (Å²) < 4.78 is 1.48. The van der Waals surface area contributed by atoms with Gasteiger partial charge in [-0.2, -0.15) is 4.98 Å². The number of aliphatic hydroxyl groups excluding tert-OH is 1. The van der Waals surface area contributed by atoms with Crippen molar-refractivity contribution in [1.29, 1.82) is 0 Å². The molecule has 0 unspecified atom stereocenters. The summed E-state index contributed by atoms with van der Waals surface area (Å²) in [7, 11) is 0. The van der Waals surface area contributed by atoms with Crippen molar-refractivity contribution in [3.63, 3.8) is 0 Å². The van der Waals surface area contributed by atoms with Gasteiger partial charge in [0.15, 0.2) is 17.3 Å². The van der Waals surface area contributed by atoms with Gasteiger partial charge in [0.1, 0.15) is 6.61 Å². The molecule has 33 heavy (non-hydrogen) atoms. The maximum Gasteiger partial charge on any atom is 0.362 e. The van der Waals surface area contributed by atoms with Crippen LogP contribution in [0.4, 0.5) is 0 Å². The summed E-state index contributed by atoms with van der Waals surface area (Å²) in [5.74, 6) is 0.987. The van der Waals surface area contributed by atoms with Crippen molar-refractivity contribution < 1.29 is 5.11 Å². The maximum atomic E-state index is 11.9. The zero-order valence-corrected chi connectivity index (χ0v) is 18.0. The number of benzene rings is 2. The van der Waals surface area contributed by atoms with Crippen LogP contribution in [0.25, 0.3) is 28.2 Å². The first-order valence-corrected chi connectivity index (χ1v) is 10.7. The van der Waals surface area contributed by atoms with Crippen molar-refractivity contribution in [3.05, 3.63) is 81.7 Å². The van der Waals surface area contributed by atoms with E-state index in [1.807, 2.05) is 24.3 Å². The van der Waals surface area contributed by atoms with Crippen molar-refractivity contribution in [2.24, 2.45) is 0 Å². The van der Waals surface area contributed by atoms with E-state index in [1.165, 1.54) is 4.52 Å². The first-order valence-electron chi connectivity index (χ1n) is 10.7. The first kappa shape index (κ1) is 20.7. The summed E-state index contributed by atoms with van der Waals surface area (Å²) in [6.45, 7) is 1.79. The van der Waals surface area contributed by atoms with Crippen LogP contribution < -0.4 is 5.69 Å². The minimum atomic E-state index is -0.463. The third kappa shape index (κ3) is 3.92. The van der Waals surface area contributed by atoms with E-state index in [1.54, 1.807) is 0 Å². The van der Waals surface area contributed by atoms with E-state index in [-0.39, 0.29) is 6.61 Å². The molecule has 0 radical (unpaired) electrons. The van der Waals surface area contributed by atoms with E-state index in [0.29, 0.717) is 23.7 Å². The molecule has 3 heterocycles. The van der Waals surface area contributed by atoms with E-state index < -0.39 is 5.69 Å². The average Bonchev–Trinajstić information content (AvgIpc) is 3.51. The van der Waals surface area contributed by atoms with Gasteiger partial charge in [-0.15, -0.1) is 5.10 Å². The normalized spacial score (nSPS) is 11.3. The molecule has 3 N–H and O–H groups in total. The molecule has 0 fully saturated rings. The van der Waals surface area contributed by atoms with E-state index in [9.17, 15) is 9.90 Å². The highest BCUT2D eigenvalue weighted by atomic mass is 16.3. The molecule has 3 aromatic heterocycles. The number of aryl methyl sites for hydroxylation is 1. The summed E-state index contributed by atoms with van der Waals surface area (Å²) in [4.78, 5) is 20.7. The number of H-pyrrole nitrogens is 2. The summed E-state index contributed by atoms with van der Waals surface area (Å²) in [6, 6.07) is 16.2. The lowest BCUT2D eigenvalue weighted by atomic mass is 9.96. The molecule has 0 aliphatic carbocycles. The molecule has 0 saturated carbocycles. The fourth-order valence-corrected chi connectivity index (χ4v) is 4.06. The Hall–Kier alpha value is -4.18. The van der Waals surface area contributed by atoms with Crippen LogP contribution in [-0.2, 0) is 19.4 Å². The lowest BCUT2D eigenvalue weighted by Crippen LogP contribution is -2.11. The molecule has 0 spiro atoms. The predicted octanol–water partition coefficient (Wildman–Crippen LogP) is 2.30. The number of rotatable bonds is 7. The Morgan fingerprint density at radius 3 is 2.52 bits per heavy atom. The fourth-order valence-electron chi connectivity index (χ4n) is 4.06. The summed E-state index contributed by atoms with van der Waals surface area (Å²) in [5, 5.41) is 26.6. The van der Waals surface area contributed by atoms with Gasteiger partial charge in [-0.25, -0.2) is 24.5 Å². The standard InChI is InChI=1S/C23H22N8O2/c1-2-5-19-18(22-25-23(33)28-31(22)20(13-32)24-19)12-14-8-10-15(11-9-14)16-6-3-4-7-17(16)21-26-29-30-27-21/h3-4,6-11,32H,2,5,12-13H2,1H3,(H,28,33)(H,26,27,29,30). The number of nitrogens with one attached hydrogen (secondary N) is 2. The summed E-state index contributed by atoms with van der Waals surface area (Å²) >= 11 is 0. The second-order valence-electron chi connectivity index (χ2n) is 7.72. The number of hydrogen-bond donors (Lipinski definition) is 3. The first-order chi connectivity index (χ1) is 16.2. The van der Waals surface area contributed by atoms with Gasteiger partial charge in [-0.1, -0.05) is 61.9 Å². The Morgan fingerprint density at radius 1 is 1.03 bits per heavy atom. The van der Waals surface area contributed by atoms with Crippen molar-refractivity contribution in [2.75, 3.05) is 0 Å². The topological polar surface area (TPSA) is 138 Å². The summed E-state index contributed by atoms with van der Waals surface area (Å²) in [5.41, 5.74) is 5.81. The monoisotopic (exact) mass is 442 g/mol. The highest BCUT2D eigenvalue weighted by Crippen LogP contribution is 2.30. The second-order valence-corrected chi connectivity index (χ2v) is 7.72. The lowest BCUT2D eigenvalue weighted by Gasteiger charge is -2.13. The van der Waals surface area contributed by atoms with Gasteiger partial charge in [-0.3, -0.25) is 0 Å². The molecule has 2 aromatic carbocycles. The number of aliphatic hydroxyl groups is 1. The van der Waals surface area contributed by atoms with Crippen LogP contribution in [0, 0.1) is 0 Å². The van der Waals surface area contributed by atoms with Gasteiger partial charge in [-0.05, 0) is 33.5 Å². The zero-order valence-electron chi connectivity index (χ0n) is 18.0. The molecule has 10 nitrogen and oxygen atoms in total. The van der Waals surface area contributed by atoms with E-state index >= 15 is 0 Å². The second kappa shape index (κ2) is 8.75. The third-order valence-electron chi connectivity index (χ3n) is 5.57. The number of aromatic amines is 2. The molecule has 10 heteroatoms. The number of aromatic nitrogens is 8. The predicted molar refractivity (Wildman–Crippen MR) is 121 cm³/mol. The minimum absolute atomic E-state index is 0.283. The smallest absolute Gasteiger partial charge is 0.362 e. The molecule has 5 rings (SSSR count). The number of fused-ring (bicyclic) bond motifs is 1. The quantitative estimate of drug-likeness (QED) is 0.352. The van der Waals surface area contributed by atoms with Crippen LogP contribution in [0.1, 0.15) is 36.0 Å². The fraction of sp³-hybridized carbons (Fsp3) is 0.217. The third-order valence-corrected chi connectivity index (χ3v) is 5.57. The van der Waals surface area contributed by atoms with Crippen LogP contribution in [0.5, 0.6) is 0 Å². The Morgan fingerprint density at radius 2 is 1.82 bits per heavy atom. The van der Waals surface area contributed by atoms with Crippen molar-refractivity contribution in [2.45, 2.75) is 32.8 Å². The maximum absolute atomic E-state index is 11.9. The molecule has 0 aliphatic rings. The zero-order chi connectivity index (χ0) is 22.8. The lowest BCUT2D eigenvalue weighted by molar-refractivity contribution is 0.267. The van der Waals surface area contributed by atoms with Crippen LogP contribution in [-0.4, -0.2) is 45.3 Å². The molecule has 0 amide bonds. The van der Waals surface area contributed by atoms with Gasteiger partial charge in [0.25, 0.3) is 0 Å². The van der Waals surface area contributed by atoms with E-state index in [0.717, 1.165) is 46.4 Å². The molecule has 0 bridgehead atoms. The molecular formula is C23H22N8O2.